The molecule has 0 saturated heterocycles. The van der Waals surface area contributed by atoms with Crippen LogP contribution >= 0.6 is 0 Å². The average Bonchev–Trinajstić information content (AvgIpc) is 2.29. The normalized spacial score (nSPS) is 10.1. The summed E-state index contributed by atoms with van der Waals surface area (Å²) in [5.41, 5.74) is 0. The molecule has 0 unspecified atom stereocenters. The highest BCUT2D eigenvalue weighted by molar-refractivity contribution is 5.89. The molecule has 0 aliphatic carbocycles. The van der Waals surface area contributed by atoms with Gasteiger partial charge >= 0.3 is 11.9 Å². The molecule has 0 fully saturated rings. The Labute approximate surface area is 98.6 Å². The van der Waals surface area contributed by atoms with Gasteiger partial charge in [0.2, 0.25) is 0 Å². The third-order valence-corrected chi connectivity index (χ3v) is 1.66. The van der Waals surface area contributed by atoms with E-state index in [1.165, 1.54) is 0 Å². The summed E-state index contributed by atoms with van der Waals surface area (Å²) >= 11 is 0. The molecule has 0 aliphatic heterocycles. The summed E-state index contributed by atoms with van der Waals surface area (Å²) in [6, 6.07) is 0. The fourth-order valence-corrected chi connectivity index (χ4v) is 0.763. The molecule has 0 heterocycles. The van der Waals surface area contributed by atoms with Crippen molar-refractivity contribution in [2.45, 2.75) is 12.8 Å². The van der Waals surface area contributed by atoms with Gasteiger partial charge < -0.3 is 25.5 Å². The van der Waals surface area contributed by atoms with Crippen molar-refractivity contribution in [3.05, 3.63) is 12.2 Å². The molecule has 7 nitrogen and oxygen atoms in total. The van der Waals surface area contributed by atoms with Crippen LogP contribution in [0.1, 0.15) is 12.8 Å². The number of rotatable bonds is 7. The van der Waals surface area contributed by atoms with Gasteiger partial charge in [-0.1, -0.05) is 0 Å². The van der Waals surface area contributed by atoms with Gasteiger partial charge in [0.15, 0.2) is 0 Å². The van der Waals surface area contributed by atoms with E-state index in [1.54, 1.807) is 0 Å². The molecule has 0 saturated carbocycles. The highest BCUT2D eigenvalue weighted by Crippen LogP contribution is 2.02. The summed E-state index contributed by atoms with van der Waals surface area (Å²) in [5.74, 6) is -2.56. The lowest BCUT2D eigenvalue weighted by molar-refractivity contribution is -0.134. The van der Waals surface area contributed by atoms with E-state index >= 15 is 0 Å². The summed E-state index contributed by atoms with van der Waals surface area (Å²) in [6.07, 6.45) is 2.47. The van der Waals surface area contributed by atoms with E-state index in [1.807, 2.05) is 0 Å². The van der Waals surface area contributed by atoms with Crippen LogP contribution in [0.5, 0.6) is 0 Å². The van der Waals surface area contributed by atoms with E-state index in [9.17, 15) is 9.59 Å². The zero-order valence-corrected chi connectivity index (χ0v) is 9.32. The van der Waals surface area contributed by atoms with Crippen molar-refractivity contribution in [1.82, 2.24) is 0 Å². The van der Waals surface area contributed by atoms with Gasteiger partial charge in [-0.2, -0.15) is 0 Å². The van der Waals surface area contributed by atoms with Crippen molar-refractivity contribution in [3.8, 4) is 0 Å². The van der Waals surface area contributed by atoms with Crippen molar-refractivity contribution in [2.24, 2.45) is 5.92 Å². The van der Waals surface area contributed by atoms with Crippen molar-refractivity contribution < 1.29 is 35.1 Å². The molecule has 7 heteroatoms. The van der Waals surface area contributed by atoms with E-state index in [0.717, 1.165) is 0 Å². The first-order valence-electron chi connectivity index (χ1n) is 4.94. The molecule has 0 spiro atoms. The van der Waals surface area contributed by atoms with Crippen molar-refractivity contribution in [1.29, 1.82) is 0 Å². The monoisotopic (exact) mass is 250 g/mol. The van der Waals surface area contributed by atoms with Crippen LogP contribution in [0.15, 0.2) is 12.2 Å². The first kappa shape index (κ1) is 17.9. The quantitative estimate of drug-likeness (QED) is 0.368. The van der Waals surface area contributed by atoms with Crippen molar-refractivity contribution in [3.63, 3.8) is 0 Å². The lowest BCUT2D eigenvalue weighted by Crippen LogP contribution is -2.11. The topological polar surface area (TPSA) is 135 Å². The van der Waals surface area contributed by atoms with Crippen LogP contribution in [-0.2, 0) is 9.59 Å². The molecule has 0 amide bonds. The number of aliphatic hydroxyl groups is 3. The van der Waals surface area contributed by atoms with Crippen LogP contribution in [0.4, 0.5) is 0 Å². The maximum Gasteiger partial charge on any atom is 0.328 e. The predicted octanol–water partition coefficient (Wildman–Crippen LogP) is -0.928. The zero-order valence-electron chi connectivity index (χ0n) is 9.32. The summed E-state index contributed by atoms with van der Waals surface area (Å²) in [7, 11) is 0. The largest absolute Gasteiger partial charge is 0.478 e. The van der Waals surface area contributed by atoms with Gasteiger partial charge in [-0.15, -0.1) is 0 Å². The highest BCUT2D eigenvalue weighted by atomic mass is 16.4. The highest BCUT2D eigenvalue weighted by Gasteiger charge is 2.03. The maximum absolute atomic E-state index is 9.55. The molecule has 100 valence electrons. The summed E-state index contributed by atoms with van der Waals surface area (Å²) < 4.78 is 0. The lowest BCUT2D eigenvalue weighted by Gasteiger charge is -2.07. The number of hydrogen-bond donors (Lipinski definition) is 5. The van der Waals surface area contributed by atoms with Crippen LogP contribution in [0, 0.1) is 5.92 Å². The maximum atomic E-state index is 9.55. The van der Waals surface area contributed by atoms with E-state index in [2.05, 4.69) is 0 Å². The third kappa shape index (κ3) is 17.2. The summed E-state index contributed by atoms with van der Waals surface area (Å²) in [4.78, 5) is 19.1. The molecule has 0 bridgehead atoms. The second kappa shape index (κ2) is 12.6. The minimum atomic E-state index is -1.26. The standard InChI is InChI=1S/C6H14O3.C4H4O4/c7-3-1-2-6(4-8)5-9;5-3(6)1-2-4(7)8/h6-9H,1-5H2;1-2H,(H,5,6)(H,7,8)/b;2-1-. The molecular weight excluding hydrogens is 232 g/mol. The average molecular weight is 250 g/mol. The summed E-state index contributed by atoms with van der Waals surface area (Å²) in [6.45, 7) is 0.156. The van der Waals surface area contributed by atoms with Gasteiger partial charge in [0, 0.05) is 37.9 Å². The Kier molecular flexibility index (Phi) is 13.3. The zero-order chi connectivity index (χ0) is 13.7. The fourth-order valence-electron chi connectivity index (χ4n) is 0.763. The van der Waals surface area contributed by atoms with Gasteiger partial charge in [0.05, 0.1) is 0 Å². The van der Waals surface area contributed by atoms with Crippen LogP contribution in [0.3, 0.4) is 0 Å². The third-order valence-electron chi connectivity index (χ3n) is 1.66. The Hall–Kier alpha value is -1.44. The van der Waals surface area contributed by atoms with E-state index < -0.39 is 11.9 Å². The van der Waals surface area contributed by atoms with Gasteiger partial charge in [-0.25, -0.2) is 9.59 Å². The van der Waals surface area contributed by atoms with Crippen molar-refractivity contribution >= 4 is 11.9 Å². The number of carboxylic acid groups (broad SMARTS) is 2. The van der Waals surface area contributed by atoms with Gasteiger partial charge in [-0.05, 0) is 12.8 Å². The van der Waals surface area contributed by atoms with E-state index in [4.69, 9.17) is 25.5 Å². The Morgan fingerprint density at radius 2 is 1.35 bits per heavy atom. The molecule has 17 heavy (non-hydrogen) atoms. The van der Waals surface area contributed by atoms with Gasteiger partial charge in [-0.3, -0.25) is 0 Å². The minimum Gasteiger partial charge on any atom is -0.478 e. The second-order valence-electron chi connectivity index (χ2n) is 3.11. The Balaban J connectivity index is 0. The van der Waals surface area contributed by atoms with E-state index in [0.29, 0.717) is 25.0 Å². The Morgan fingerprint density at radius 3 is 1.59 bits per heavy atom. The molecule has 0 aromatic rings. The number of aliphatic hydroxyl groups excluding tert-OH is 3. The van der Waals surface area contributed by atoms with Crippen LogP contribution in [-0.4, -0.2) is 57.3 Å². The Morgan fingerprint density at radius 1 is 0.941 bits per heavy atom. The lowest BCUT2D eigenvalue weighted by atomic mass is 10.1. The predicted molar refractivity (Wildman–Crippen MR) is 58.4 cm³/mol. The molecule has 0 radical (unpaired) electrons. The van der Waals surface area contributed by atoms with Gasteiger partial charge in [0.25, 0.3) is 0 Å². The van der Waals surface area contributed by atoms with Gasteiger partial charge in [0.1, 0.15) is 0 Å². The smallest absolute Gasteiger partial charge is 0.328 e. The van der Waals surface area contributed by atoms with Crippen molar-refractivity contribution in [2.75, 3.05) is 19.8 Å². The van der Waals surface area contributed by atoms with Crippen LogP contribution < -0.4 is 0 Å². The first-order chi connectivity index (χ1) is 7.97. The number of carboxylic acids is 2. The SMILES string of the molecule is O=C(O)/C=C\C(=O)O.OCCCC(CO)CO. The molecule has 0 aromatic heterocycles. The summed E-state index contributed by atoms with van der Waals surface area (Å²) in [5, 5.41) is 41.0. The number of hydrogen-bond acceptors (Lipinski definition) is 5. The number of carbonyl (C=O) groups is 2. The molecule has 5 N–H and O–H groups in total. The first-order valence-corrected chi connectivity index (χ1v) is 4.94. The number of aliphatic carboxylic acids is 2. The van der Waals surface area contributed by atoms with E-state index in [-0.39, 0.29) is 25.7 Å². The van der Waals surface area contributed by atoms with Crippen LogP contribution in [0.25, 0.3) is 0 Å². The Bertz CT molecular complexity index is 217. The second-order valence-corrected chi connectivity index (χ2v) is 3.11. The molecule has 0 aliphatic rings. The molecule has 0 atom stereocenters. The minimum absolute atomic E-state index is 0.0104. The molecular formula is C10H18O7. The molecule has 0 rings (SSSR count). The fraction of sp³-hybridized carbons (Fsp3) is 0.600. The van der Waals surface area contributed by atoms with Crippen LogP contribution in [0.2, 0.25) is 0 Å². The molecule has 0 aromatic carbocycles.